The van der Waals surface area contributed by atoms with Crippen LogP contribution in [0.3, 0.4) is 0 Å². The summed E-state index contributed by atoms with van der Waals surface area (Å²) in [6, 6.07) is 1.63. The summed E-state index contributed by atoms with van der Waals surface area (Å²) in [6.07, 6.45) is 1.34. The number of carbonyl (C=O) groups is 1. The number of aromatic carboxylic acids is 1. The van der Waals surface area contributed by atoms with Gasteiger partial charge in [0.2, 0.25) is 5.28 Å². The molecule has 0 aliphatic rings. The van der Waals surface area contributed by atoms with Gasteiger partial charge in [0.1, 0.15) is 9.90 Å². The van der Waals surface area contributed by atoms with Gasteiger partial charge in [0.25, 0.3) is 0 Å². The Kier molecular flexibility index (Phi) is 3.46. The predicted octanol–water partition coefficient (Wildman–Crippen LogP) is 3.29. The van der Waals surface area contributed by atoms with Crippen LogP contribution in [0.25, 0.3) is 0 Å². The van der Waals surface area contributed by atoms with Crippen LogP contribution in [0.4, 0.5) is 11.5 Å². The zero-order valence-electron chi connectivity index (χ0n) is 8.15. The van der Waals surface area contributed by atoms with E-state index in [2.05, 4.69) is 15.3 Å². The van der Waals surface area contributed by atoms with Crippen molar-refractivity contribution in [3.8, 4) is 0 Å². The topological polar surface area (TPSA) is 75.1 Å². The van der Waals surface area contributed by atoms with E-state index in [4.69, 9.17) is 28.3 Å². The van der Waals surface area contributed by atoms with E-state index in [0.29, 0.717) is 5.69 Å². The number of carboxylic acids is 1. The van der Waals surface area contributed by atoms with Crippen molar-refractivity contribution in [3.63, 3.8) is 0 Å². The van der Waals surface area contributed by atoms with E-state index in [1.165, 1.54) is 6.20 Å². The lowest BCUT2D eigenvalue weighted by Gasteiger charge is -2.06. The predicted molar refractivity (Wildman–Crippen MR) is 66.6 cm³/mol. The van der Waals surface area contributed by atoms with E-state index in [0.717, 1.165) is 11.3 Å². The summed E-state index contributed by atoms with van der Waals surface area (Å²) in [5, 5.41) is 13.7. The van der Waals surface area contributed by atoms with Gasteiger partial charge in [-0.3, -0.25) is 0 Å². The molecule has 0 saturated heterocycles. The van der Waals surface area contributed by atoms with Crippen molar-refractivity contribution >= 4 is 52.0 Å². The lowest BCUT2D eigenvalue weighted by Crippen LogP contribution is -2.00. The van der Waals surface area contributed by atoms with Crippen molar-refractivity contribution in [3.05, 3.63) is 32.8 Å². The smallest absolute Gasteiger partial charge is 0.348 e. The summed E-state index contributed by atoms with van der Waals surface area (Å²) >= 11 is 12.6. The molecule has 5 nitrogen and oxygen atoms in total. The fraction of sp³-hybridized carbons (Fsp3) is 0. The molecular formula is C9H5Cl2N3O2S. The summed E-state index contributed by atoms with van der Waals surface area (Å²) < 4.78 is 0. The van der Waals surface area contributed by atoms with Gasteiger partial charge in [-0.05, 0) is 23.0 Å². The van der Waals surface area contributed by atoms with Crippen molar-refractivity contribution in [2.24, 2.45) is 0 Å². The van der Waals surface area contributed by atoms with Crippen LogP contribution in [0.2, 0.25) is 10.3 Å². The maximum atomic E-state index is 10.9. The minimum absolute atomic E-state index is 0.0315. The molecule has 0 aromatic carbocycles. The highest BCUT2D eigenvalue weighted by Crippen LogP contribution is 2.28. The molecule has 17 heavy (non-hydrogen) atoms. The third-order valence-electron chi connectivity index (χ3n) is 1.83. The molecule has 2 rings (SSSR count). The molecule has 0 bridgehead atoms. The summed E-state index contributed by atoms with van der Waals surface area (Å²) in [4.78, 5) is 18.6. The zero-order valence-corrected chi connectivity index (χ0v) is 10.5. The zero-order chi connectivity index (χ0) is 12.4. The van der Waals surface area contributed by atoms with Crippen LogP contribution in [0.5, 0.6) is 0 Å². The van der Waals surface area contributed by atoms with Gasteiger partial charge in [0, 0.05) is 0 Å². The molecule has 0 fully saturated rings. The highest BCUT2D eigenvalue weighted by atomic mass is 35.5. The van der Waals surface area contributed by atoms with Gasteiger partial charge >= 0.3 is 5.97 Å². The van der Waals surface area contributed by atoms with Crippen molar-refractivity contribution < 1.29 is 9.90 Å². The number of nitrogens with zero attached hydrogens (tertiary/aromatic N) is 2. The largest absolute Gasteiger partial charge is 0.477 e. The molecule has 2 heterocycles. The second-order valence-corrected chi connectivity index (χ2v) is 4.59. The number of hydrogen-bond acceptors (Lipinski definition) is 5. The minimum atomic E-state index is -1.02. The van der Waals surface area contributed by atoms with E-state index in [1.807, 2.05) is 0 Å². The molecule has 0 spiro atoms. The third kappa shape index (κ3) is 2.66. The molecule has 2 N–H and O–H groups in total. The number of carboxylic acid groups (broad SMARTS) is 1. The van der Waals surface area contributed by atoms with Gasteiger partial charge < -0.3 is 10.4 Å². The van der Waals surface area contributed by atoms with Crippen LogP contribution in [-0.4, -0.2) is 21.0 Å². The number of aromatic nitrogens is 2. The van der Waals surface area contributed by atoms with Crippen molar-refractivity contribution in [1.29, 1.82) is 0 Å². The van der Waals surface area contributed by atoms with E-state index < -0.39 is 5.97 Å². The molecule has 0 saturated carbocycles. The Morgan fingerprint density at radius 3 is 2.94 bits per heavy atom. The van der Waals surface area contributed by atoms with Crippen LogP contribution in [0, 0.1) is 0 Å². The molecule has 0 aliphatic heterocycles. The van der Waals surface area contributed by atoms with Gasteiger partial charge in [0.05, 0.1) is 11.9 Å². The van der Waals surface area contributed by atoms with Crippen LogP contribution < -0.4 is 5.32 Å². The number of anilines is 2. The first-order chi connectivity index (χ1) is 8.08. The number of hydrogen-bond donors (Lipinski definition) is 2. The summed E-state index contributed by atoms with van der Waals surface area (Å²) in [7, 11) is 0. The second kappa shape index (κ2) is 4.87. The van der Waals surface area contributed by atoms with Crippen molar-refractivity contribution in [2.75, 3.05) is 5.32 Å². The molecule has 2 aromatic rings. The first-order valence-electron chi connectivity index (χ1n) is 4.34. The number of rotatable bonds is 3. The van der Waals surface area contributed by atoms with Gasteiger partial charge in [-0.1, -0.05) is 11.6 Å². The minimum Gasteiger partial charge on any atom is -0.477 e. The molecule has 0 atom stereocenters. The fourth-order valence-electron chi connectivity index (χ4n) is 1.13. The molecule has 8 heteroatoms. The normalized spacial score (nSPS) is 10.2. The molecule has 88 valence electrons. The van der Waals surface area contributed by atoms with Gasteiger partial charge in [-0.25, -0.2) is 9.78 Å². The Bertz CT molecular complexity index is 573. The first-order valence-corrected chi connectivity index (χ1v) is 5.97. The van der Waals surface area contributed by atoms with Crippen LogP contribution in [0.15, 0.2) is 17.6 Å². The van der Waals surface area contributed by atoms with E-state index >= 15 is 0 Å². The summed E-state index contributed by atoms with van der Waals surface area (Å²) in [6.45, 7) is 0. The van der Waals surface area contributed by atoms with Crippen LogP contribution in [-0.2, 0) is 0 Å². The van der Waals surface area contributed by atoms with Crippen LogP contribution in [0.1, 0.15) is 9.67 Å². The molecule has 0 aliphatic carbocycles. The Morgan fingerprint density at radius 1 is 1.47 bits per heavy atom. The Labute approximate surface area is 110 Å². The standard InChI is InChI=1S/C9H5Cl2N3O2S/c10-4-3-12-9(11)14-7(4)13-5-1-2-17-6(5)8(15)16/h1-3H,(H,15,16)(H,12,13,14). The van der Waals surface area contributed by atoms with E-state index in [9.17, 15) is 4.79 Å². The van der Waals surface area contributed by atoms with E-state index in [1.54, 1.807) is 11.4 Å². The fourth-order valence-corrected chi connectivity index (χ4v) is 2.09. The first kappa shape index (κ1) is 12.1. The lowest BCUT2D eigenvalue weighted by molar-refractivity contribution is 0.0703. The Morgan fingerprint density at radius 2 is 2.24 bits per heavy atom. The van der Waals surface area contributed by atoms with E-state index in [-0.39, 0.29) is 21.0 Å². The molecule has 2 aromatic heterocycles. The maximum Gasteiger partial charge on any atom is 0.348 e. The SMILES string of the molecule is O=C(O)c1sccc1Nc1nc(Cl)ncc1Cl. The third-order valence-corrected chi connectivity index (χ3v) is 3.19. The molecule has 0 unspecified atom stereocenters. The lowest BCUT2D eigenvalue weighted by atomic mass is 10.4. The quantitative estimate of drug-likeness (QED) is 0.848. The number of halogens is 2. The Hall–Kier alpha value is -1.37. The molecular weight excluding hydrogens is 285 g/mol. The molecule has 0 radical (unpaired) electrons. The second-order valence-electron chi connectivity index (χ2n) is 2.93. The van der Waals surface area contributed by atoms with Crippen LogP contribution >= 0.6 is 34.5 Å². The monoisotopic (exact) mass is 289 g/mol. The summed E-state index contributed by atoms with van der Waals surface area (Å²) in [5.41, 5.74) is 0.416. The number of nitrogens with one attached hydrogen (secondary N) is 1. The van der Waals surface area contributed by atoms with Crippen molar-refractivity contribution in [2.45, 2.75) is 0 Å². The average Bonchev–Trinajstić information content (AvgIpc) is 2.71. The summed E-state index contributed by atoms with van der Waals surface area (Å²) in [5.74, 6) is -0.744. The Balaban J connectivity index is 2.34. The number of thiophene rings is 1. The van der Waals surface area contributed by atoms with Gasteiger partial charge in [0.15, 0.2) is 5.82 Å². The van der Waals surface area contributed by atoms with Gasteiger partial charge in [-0.2, -0.15) is 4.98 Å². The highest BCUT2D eigenvalue weighted by molar-refractivity contribution is 7.12. The van der Waals surface area contributed by atoms with Crippen molar-refractivity contribution in [1.82, 2.24) is 9.97 Å². The van der Waals surface area contributed by atoms with Gasteiger partial charge in [-0.15, -0.1) is 11.3 Å². The molecule has 0 amide bonds. The maximum absolute atomic E-state index is 10.9. The highest BCUT2D eigenvalue weighted by Gasteiger charge is 2.13. The average molecular weight is 290 g/mol.